The Morgan fingerprint density at radius 2 is 1.92 bits per heavy atom. The number of ether oxygens (including phenoxy) is 1. The van der Waals surface area contributed by atoms with Gasteiger partial charge in [0.1, 0.15) is 12.1 Å². The zero-order valence-corrected chi connectivity index (χ0v) is 13.3. The van der Waals surface area contributed by atoms with Crippen LogP contribution in [0.2, 0.25) is 0 Å². The zero-order valence-electron chi connectivity index (χ0n) is 13.3. The standard InChI is InChI=1S/C19H16N4O/c1-24-14-9-7-13(8-10-14)18-21-19-16-4-2-3-15(12-5-6-12)17(16)20-11-23(19)22-18/h2-4,7-12H,5-6H2,1H3. The summed E-state index contributed by atoms with van der Waals surface area (Å²) in [5, 5.41) is 5.65. The fourth-order valence-corrected chi connectivity index (χ4v) is 3.17. The second kappa shape index (κ2) is 5.03. The minimum atomic E-state index is 0.660. The Kier molecular flexibility index (Phi) is 2.82. The van der Waals surface area contributed by atoms with Gasteiger partial charge in [0.25, 0.3) is 0 Å². The van der Waals surface area contributed by atoms with E-state index in [2.05, 4.69) is 28.3 Å². The van der Waals surface area contributed by atoms with E-state index >= 15 is 0 Å². The van der Waals surface area contributed by atoms with Crippen molar-refractivity contribution >= 4 is 16.6 Å². The van der Waals surface area contributed by atoms with Crippen molar-refractivity contribution in [2.45, 2.75) is 18.8 Å². The summed E-state index contributed by atoms with van der Waals surface area (Å²) in [6.45, 7) is 0. The topological polar surface area (TPSA) is 52.3 Å². The van der Waals surface area contributed by atoms with Crippen molar-refractivity contribution in [3.63, 3.8) is 0 Å². The molecule has 0 radical (unpaired) electrons. The smallest absolute Gasteiger partial charge is 0.182 e. The number of fused-ring (bicyclic) bond motifs is 3. The average molecular weight is 316 g/mol. The Bertz CT molecular complexity index is 1050. The van der Waals surface area contributed by atoms with E-state index in [1.54, 1.807) is 18.0 Å². The Balaban J connectivity index is 1.69. The predicted molar refractivity (Wildman–Crippen MR) is 92.3 cm³/mol. The summed E-state index contributed by atoms with van der Waals surface area (Å²) in [5.41, 5.74) is 4.21. The molecular formula is C19H16N4O. The number of benzene rings is 2. The Morgan fingerprint density at radius 1 is 1.08 bits per heavy atom. The molecule has 1 saturated carbocycles. The molecule has 0 unspecified atom stereocenters. The van der Waals surface area contributed by atoms with Crippen molar-refractivity contribution in [3.05, 3.63) is 54.4 Å². The molecule has 2 aromatic heterocycles. The first-order valence-electron chi connectivity index (χ1n) is 8.12. The van der Waals surface area contributed by atoms with E-state index in [1.165, 1.54) is 18.4 Å². The van der Waals surface area contributed by atoms with Gasteiger partial charge < -0.3 is 4.74 Å². The highest BCUT2D eigenvalue weighted by molar-refractivity contribution is 5.93. The molecule has 5 rings (SSSR count). The van der Waals surface area contributed by atoms with E-state index in [4.69, 9.17) is 9.72 Å². The van der Waals surface area contributed by atoms with Crippen LogP contribution in [0.5, 0.6) is 5.75 Å². The average Bonchev–Trinajstić information content (AvgIpc) is 3.39. The van der Waals surface area contributed by atoms with E-state index < -0.39 is 0 Å². The zero-order chi connectivity index (χ0) is 16.1. The Morgan fingerprint density at radius 3 is 2.67 bits per heavy atom. The molecule has 118 valence electrons. The van der Waals surface area contributed by atoms with Crippen LogP contribution in [0.15, 0.2) is 48.8 Å². The van der Waals surface area contributed by atoms with Crippen LogP contribution in [-0.4, -0.2) is 26.7 Å². The van der Waals surface area contributed by atoms with Crippen molar-refractivity contribution < 1.29 is 4.74 Å². The quantitative estimate of drug-likeness (QED) is 0.576. The first kappa shape index (κ1) is 13.5. The van der Waals surface area contributed by atoms with E-state index in [0.717, 1.165) is 27.9 Å². The number of para-hydroxylation sites is 1. The lowest BCUT2D eigenvalue weighted by molar-refractivity contribution is 0.415. The second-order valence-electron chi connectivity index (χ2n) is 6.19. The monoisotopic (exact) mass is 316 g/mol. The van der Waals surface area contributed by atoms with E-state index in [9.17, 15) is 0 Å². The Hall–Kier alpha value is -2.95. The fourth-order valence-electron chi connectivity index (χ4n) is 3.17. The summed E-state index contributed by atoms with van der Waals surface area (Å²) in [4.78, 5) is 9.40. The largest absolute Gasteiger partial charge is 0.497 e. The van der Waals surface area contributed by atoms with Crippen LogP contribution in [0.4, 0.5) is 0 Å². The maximum atomic E-state index is 5.21. The molecule has 2 aromatic carbocycles. The third kappa shape index (κ3) is 2.05. The van der Waals surface area contributed by atoms with Gasteiger partial charge in [0.15, 0.2) is 11.5 Å². The molecule has 0 bridgehead atoms. The van der Waals surface area contributed by atoms with Crippen LogP contribution in [-0.2, 0) is 0 Å². The molecule has 0 spiro atoms. The van der Waals surface area contributed by atoms with Crippen molar-refractivity contribution in [2.75, 3.05) is 7.11 Å². The van der Waals surface area contributed by atoms with Crippen LogP contribution >= 0.6 is 0 Å². The highest BCUT2D eigenvalue weighted by Crippen LogP contribution is 2.42. The number of rotatable bonds is 3. The number of methoxy groups -OCH3 is 1. The lowest BCUT2D eigenvalue weighted by Crippen LogP contribution is -1.94. The minimum absolute atomic E-state index is 0.660. The molecule has 0 N–H and O–H groups in total. The number of hydrogen-bond donors (Lipinski definition) is 0. The molecule has 0 amide bonds. The predicted octanol–water partition coefficient (Wildman–Crippen LogP) is 3.83. The number of nitrogens with zero attached hydrogens (tertiary/aromatic N) is 4. The lowest BCUT2D eigenvalue weighted by Gasteiger charge is -2.04. The van der Waals surface area contributed by atoms with E-state index in [0.29, 0.717) is 11.7 Å². The second-order valence-corrected chi connectivity index (χ2v) is 6.19. The molecule has 0 aliphatic heterocycles. The maximum Gasteiger partial charge on any atom is 0.182 e. The van der Waals surface area contributed by atoms with Crippen LogP contribution in [0.25, 0.3) is 27.9 Å². The normalized spacial score (nSPS) is 14.4. The van der Waals surface area contributed by atoms with Crippen LogP contribution in [0, 0.1) is 0 Å². The molecule has 1 aliphatic rings. The van der Waals surface area contributed by atoms with Crippen molar-refractivity contribution in [2.24, 2.45) is 0 Å². The lowest BCUT2D eigenvalue weighted by atomic mass is 10.1. The van der Waals surface area contributed by atoms with Gasteiger partial charge in [0.05, 0.1) is 12.6 Å². The molecule has 5 heteroatoms. The van der Waals surface area contributed by atoms with Crippen LogP contribution in [0.1, 0.15) is 24.3 Å². The highest BCUT2D eigenvalue weighted by atomic mass is 16.5. The van der Waals surface area contributed by atoms with Gasteiger partial charge in [-0.15, -0.1) is 5.10 Å². The fraction of sp³-hybridized carbons (Fsp3) is 0.211. The van der Waals surface area contributed by atoms with Crippen LogP contribution < -0.4 is 4.74 Å². The van der Waals surface area contributed by atoms with Crippen molar-refractivity contribution in [3.8, 4) is 17.1 Å². The van der Waals surface area contributed by atoms with Crippen molar-refractivity contribution in [1.29, 1.82) is 0 Å². The molecule has 5 nitrogen and oxygen atoms in total. The van der Waals surface area contributed by atoms with E-state index in [-0.39, 0.29) is 0 Å². The molecule has 4 aromatic rings. The first-order chi connectivity index (χ1) is 11.8. The number of aromatic nitrogens is 4. The van der Waals surface area contributed by atoms with Gasteiger partial charge in [-0.05, 0) is 54.7 Å². The van der Waals surface area contributed by atoms with Gasteiger partial charge in [-0.25, -0.2) is 14.5 Å². The highest BCUT2D eigenvalue weighted by Gasteiger charge is 2.26. The Labute approximate surface area is 138 Å². The maximum absolute atomic E-state index is 5.21. The third-order valence-electron chi connectivity index (χ3n) is 4.60. The van der Waals surface area contributed by atoms with Gasteiger partial charge in [-0.1, -0.05) is 12.1 Å². The summed E-state index contributed by atoms with van der Waals surface area (Å²) in [6, 6.07) is 14.1. The van der Waals surface area contributed by atoms with Gasteiger partial charge in [-0.2, -0.15) is 0 Å². The SMILES string of the molecule is COc1ccc(-c2nc3c4cccc(C5CC5)c4ncn3n2)cc1. The third-order valence-corrected chi connectivity index (χ3v) is 4.60. The van der Waals surface area contributed by atoms with Gasteiger partial charge in [0, 0.05) is 10.9 Å². The summed E-state index contributed by atoms with van der Waals surface area (Å²) in [6.07, 6.45) is 4.29. The molecular weight excluding hydrogens is 300 g/mol. The van der Waals surface area contributed by atoms with Gasteiger partial charge in [-0.3, -0.25) is 0 Å². The molecule has 0 atom stereocenters. The molecule has 24 heavy (non-hydrogen) atoms. The molecule has 2 heterocycles. The molecule has 1 aliphatic carbocycles. The number of hydrogen-bond acceptors (Lipinski definition) is 4. The summed E-state index contributed by atoms with van der Waals surface area (Å²) < 4.78 is 6.97. The van der Waals surface area contributed by atoms with Gasteiger partial charge in [0.2, 0.25) is 0 Å². The van der Waals surface area contributed by atoms with Gasteiger partial charge >= 0.3 is 0 Å². The minimum Gasteiger partial charge on any atom is -0.497 e. The first-order valence-corrected chi connectivity index (χ1v) is 8.12. The van der Waals surface area contributed by atoms with Crippen molar-refractivity contribution in [1.82, 2.24) is 19.6 Å². The summed E-state index contributed by atoms with van der Waals surface area (Å²) >= 11 is 0. The summed E-state index contributed by atoms with van der Waals surface area (Å²) in [5.74, 6) is 2.18. The molecule has 1 fully saturated rings. The van der Waals surface area contributed by atoms with Crippen LogP contribution in [0.3, 0.4) is 0 Å². The van der Waals surface area contributed by atoms with E-state index in [1.807, 2.05) is 24.3 Å². The summed E-state index contributed by atoms with van der Waals surface area (Å²) in [7, 11) is 1.66. The molecule has 0 saturated heterocycles.